The van der Waals surface area contributed by atoms with Crippen molar-refractivity contribution >= 4 is 23.7 Å². The molecule has 142 valence electrons. The second-order valence-electron chi connectivity index (χ2n) is 5.95. The van der Waals surface area contributed by atoms with Gasteiger partial charge >= 0.3 is 11.8 Å². The Kier molecular flexibility index (Phi) is 8.03. The molecule has 0 heterocycles. The van der Waals surface area contributed by atoms with Gasteiger partial charge in [0.25, 0.3) is 0 Å². The predicted octanol–water partition coefficient (Wildman–Crippen LogP) is 2.34. The lowest BCUT2D eigenvalue weighted by Crippen LogP contribution is -2.38. The van der Waals surface area contributed by atoms with Crippen LogP contribution in [0.2, 0.25) is 0 Å². The molecule has 0 radical (unpaired) electrons. The maximum atomic E-state index is 11.8. The lowest BCUT2D eigenvalue weighted by atomic mass is 10.1. The molecule has 0 atom stereocenters. The Morgan fingerprint density at radius 2 is 1.63 bits per heavy atom. The molecule has 0 bridgehead atoms. The van der Waals surface area contributed by atoms with Gasteiger partial charge in [0.15, 0.2) is 0 Å². The van der Waals surface area contributed by atoms with Crippen molar-refractivity contribution in [1.82, 2.24) is 10.7 Å². The minimum absolute atomic E-state index is 0.396. The molecule has 0 aromatic heterocycles. The Morgan fingerprint density at radius 1 is 0.963 bits per heavy atom. The van der Waals surface area contributed by atoms with E-state index in [4.69, 9.17) is 0 Å². The van der Waals surface area contributed by atoms with Crippen LogP contribution >= 0.6 is 0 Å². The molecule has 2 aromatic carbocycles. The van der Waals surface area contributed by atoms with Gasteiger partial charge in [-0.2, -0.15) is 5.10 Å². The quantitative estimate of drug-likeness (QED) is 0.428. The SMILES string of the molecule is CCN(CC)c1ccc(/C=N/NC(=O)C(=O)NCCc2ccccc2)cc1. The van der Waals surface area contributed by atoms with Gasteiger partial charge in [0, 0.05) is 25.3 Å². The molecular weight excluding hydrogens is 340 g/mol. The zero-order chi connectivity index (χ0) is 19.5. The number of nitrogens with zero attached hydrogens (tertiary/aromatic N) is 2. The predicted molar refractivity (Wildman–Crippen MR) is 109 cm³/mol. The average molecular weight is 366 g/mol. The smallest absolute Gasteiger partial charge is 0.329 e. The van der Waals surface area contributed by atoms with Crippen LogP contribution in [0.1, 0.15) is 25.0 Å². The molecule has 0 saturated heterocycles. The van der Waals surface area contributed by atoms with E-state index in [-0.39, 0.29) is 0 Å². The maximum Gasteiger partial charge on any atom is 0.329 e. The molecule has 0 saturated carbocycles. The van der Waals surface area contributed by atoms with Crippen molar-refractivity contribution in [3.8, 4) is 0 Å². The van der Waals surface area contributed by atoms with E-state index in [0.29, 0.717) is 13.0 Å². The van der Waals surface area contributed by atoms with Gasteiger partial charge in [-0.15, -0.1) is 0 Å². The number of amides is 2. The highest BCUT2D eigenvalue weighted by Gasteiger charge is 2.11. The number of nitrogens with one attached hydrogen (secondary N) is 2. The van der Waals surface area contributed by atoms with Gasteiger partial charge in [-0.1, -0.05) is 42.5 Å². The van der Waals surface area contributed by atoms with Crippen molar-refractivity contribution in [2.45, 2.75) is 20.3 Å². The van der Waals surface area contributed by atoms with Gasteiger partial charge < -0.3 is 10.2 Å². The van der Waals surface area contributed by atoms with Crippen molar-refractivity contribution in [2.75, 3.05) is 24.5 Å². The van der Waals surface area contributed by atoms with Crippen LogP contribution in [-0.4, -0.2) is 37.7 Å². The van der Waals surface area contributed by atoms with E-state index in [1.165, 1.54) is 6.21 Å². The molecule has 0 spiro atoms. The molecule has 0 unspecified atom stereocenters. The summed E-state index contributed by atoms with van der Waals surface area (Å²) in [5, 5.41) is 6.43. The first-order chi connectivity index (χ1) is 13.1. The van der Waals surface area contributed by atoms with E-state index >= 15 is 0 Å². The van der Waals surface area contributed by atoms with Crippen LogP contribution in [0.3, 0.4) is 0 Å². The summed E-state index contributed by atoms with van der Waals surface area (Å²) in [6, 6.07) is 17.6. The average Bonchev–Trinajstić information content (AvgIpc) is 2.70. The Balaban J connectivity index is 1.76. The lowest BCUT2D eigenvalue weighted by Gasteiger charge is -2.20. The minimum Gasteiger partial charge on any atom is -0.372 e. The molecular formula is C21H26N4O2. The van der Waals surface area contributed by atoms with Gasteiger partial charge in [0.1, 0.15) is 0 Å². The first kappa shape index (κ1) is 20.2. The van der Waals surface area contributed by atoms with Crippen molar-refractivity contribution in [2.24, 2.45) is 5.10 Å². The summed E-state index contributed by atoms with van der Waals surface area (Å²) in [5.74, 6) is -1.47. The molecule has 0 fully saturated rings. The molecule has 2 rings (SSSR count). The number of hydrogen-bond acceptors (Lipinski definition) is 4. The molecule has 6 heteroatoms. The first-order valence-electron chi connectivity index (χ1n) is 9.14. The first-order valence-corrected chi connectivity index (χ1v) is 9.14. The minimum atomic E-state index is -0.779. The summed E-state index contributed by atoms with van der Waals surface area (Å²) in [4.78, 5) is 25.8. The Morgan fingerprint density at radius 3 is 2.26 bits per heavy atom. The zero-order valence-corrected chi connectivity index (χ0v) is 15.8. The van der Waals surface area contributed by atoms with Crippen LogP contribution in [0, 0.1) is 0 Å². The van der Waals surface area contributed by atoms with Crippen LogP contribution in [0.5, 0.6) is 0 Å². The number of hydrazone groups is 1. The van der Waals surface area contributed by atoms with Crippen LogP contribution in [-0.2, 0) is 16.0 Å². The van der Waals surface area contributed by atoms with Gasteiger partial charge in [0.05, 0.1) is 6.21 Å². The normalized spacial score (nSPS) is 10.6. The highest BCUT2D eigenvalue weighted by Crippen LogP contribution is 2.13. The lowest BCUT2D eigenvalue weighted by molar-refractivity contribution is -0.139. The number of benzene rings is 2. The van der Waals surface area contributed by atoms with E-state index in [9.17, 15) is 9.59 Å². The number of anilines is 1. The summed E-state index contributed by atoms with van der Waals surface area (Å²) in [7, 11) is 0. The van der Waals surface area contributed by atoms with Crippen LogP contribution in [0.4, 0.5) is 5.69 Å². The van der Waals surface area contributed by atoms with Crippen molar-refractivity contribution in [3.05, 3.63) is 65.7 Å². The van der Waals surface area contributed by atoms with E-state index in [1.54, 1.807) is 0 Å². The van der Waals surface area contributed by atoms with Gasteiger partial charge in [-0.3, -0.25) is 9.59 Å². The molecule has 0 aliphatic rings. The number of carbonyl (C=O) groups excluding carboxylic acids is 2. The molecule has 2 aromatic rings. The van der Waals surface area contributed by atoms with Gasteiger partial charge in [-0.25, -0.2) is 5.43 Å². The summed E-state index contributed by atoms with van der Waals surface area (Å²) < 4.78 is 0. The third-order valence-electron chi connectivity index (χ3n) is 4.15. The Labute approximate surface area is 160 Å². The highest BCUT2D eigenvalue weighted by atomic mass is 16.2. The van der Waals surface area contributed by atoms with Crippen molar-refractivity contribution < 1.29 is 9.59 Å². The van der Waals surface area contributed by atoms with Gasteiger partial charge in [-0.05, 0) is 43.5 Å². The Bertz CT molecular complexity index is 754. The van der Waals surface area contributed by atoms with Crippen molar-refractivity contribution in [1.29, 1.82) is 0 Å². The molecule has 0 aliphatic carbocycles. The number of hydrogen-bond donors (Lipinski definition) is 2. The number of rotatable bonds is 8. The standard InChI is InChI=1S/C21H26N4O2/c1-3-25(4-2)19-12-10-18(11-13-19)16-23-24-21(27)20(26)22-15-14-17-8-6-5-7-9-17/h5-13,16H,3-4,14-15H2,1-2H3,(H,22,26)(H,24,27)/b23-16+. The summed E-state index contributed by atoms with van der Waals surface area (Å²) in [6.45, 7) is 6.50. The second-order valence-corrected chi connectivity index (χ2v) is 5.95. The highest BCUT2D eigenvalue weighted by molar-refractivity contribution is 6.35. The van der Waals surface area contributed by atoms with Gasteiger partial charge in [0.2, 0.25) is 0 Å². The largest absolute Gasteiger partial charge is 0.372 e. The second kappa shape index (κ2) is 10.8. The fourth-order valence-electron chi connectivity index (χ4n) is 2.62. The zero-order valence-electron chi connectivity index (χ0n) is 15.8. The van der Waals surface area contributed by atoms with Crippen molar-refractivity contribution in [3.63, 3.8) is 0 Å². The maximum absolute atomic E-state index is 11.8. The molecule has 6 nitrogen and oxygen atoms in total. The Hall–Kier alpha value is -3.15. The fourth-order valence-corrected chi connectivity index (χ4v) is 2.62. The molecule has 0 aliphatic heterocycles. The van der Waals surface area contributed by atoms with E-state index < -0.39 is 11.8 Å². The summed E-state index contributed by atoms with van der Waals surface area (Å²) >= 11 is 0. The van der Waals surface area contributed by atoms with E-state index in [0.717, 1.165) is 29.9 Å². The number of carbonyl (C=O) groups is 2. The summed E-state index contributed by atoms with van der Waals surface area (Å²) in [6.07, 6.45) is 2.18. The fraction of sp³-hybridized carbons (Fsp3) is 0.286. The topological polar surface area (TPSA) is 73.8 Å². The summed E-state index contributed by atoms with van der Waals surface area (Å²) in [5.41, 5.74) is 5.33. The van der Waals surface area contributed by atoms with Crippen LogP contribution in [0.25, 0.3) is 0 Å². The third-order valence-corrected chi connectivity index (χ3v) is 4.15. The van der Waals surface area contributed by atoms with Crippen LogP contribution in [0.15, 0.2) is 59.7 Å². The van der Waals surface area contributed by atoms with E-state index in [2.05, 4.69) is 34.6 Å². The molecule has 2 N–H and O–H groups in total. The third kappa shape index (κ3) is 6.58. The monoisotopic (exact) mass is 366 g/mol. The molecule has 27 heavy (non-hydrogen) atoms. The van der Waals surface area contributed by atoms with E-state index in [1.807, 2.05) is 54.6 Å². The molecule has 2 amide bonds. The van der Waals surface area contributed by atoms with Crippen LogP contribution < -0.4 is 15.6 Å².